The summed E-state index contributed by atoms with van der Waals surface area (Å²) in [7, 11) is 0. The molecular formula is C14H21ClN2O4. The molecule has 1 saturated heterocycles. The molecule has 0 bridgehead atoms. The predicted octanol–water partition coefficient (Wildman–Crippen LogP) is 1.09. The van der Waals surface area contributed by atoms with Crippen LogP contribution in [0.4, 0.5) is 0 Å². The number of amides is 1. The Hall–Kier alpha value is -1.08. The van der Waals surface area contributed by atoms with Gasteiger partial charge in [-0.3, -0.25) is 9.69 Å². The first-order valence-electron chi connectivity index (χ1n) is 7.13. The first kappa shape index (κ1) is 16.3. The maximum atomic E-state index is 12.2. The van der Waals surface area contributed by atoms with Gasteiger partial charge in [0.2, 0.25) is 0 Å². The molecular weight excluding hydrogens is 296 g/mol. The lowest BCUT2D eigenvalue weighted by Crippen LogP contribution is -2.50. The Balaban J connectivity index is 1.76. The van der Waals surface area contributed by atoms with Crippen molar-refractivity contribution in [2.24, 2.45) is 0 Å². The fraction of sp³-hybridized carbons (Fsp3) is 0.643. The number of furan rings is 1. The zero-order chi connectivity index (χ0) is 15.2. The van der Waals surface area contributed by atoms with E-state index in [0.717, 1.165) is 13.1 Å². The van der Waals surface area contributed by atoms with Gasteiger partial charge in [-0.15, -0.1) is 0 Å². The molecule has 2 rings (SSSR count). The Morgan fingerprint density at radius 3 is 2.71 bits per heavy atom. The maximum Gasteiger partial charge on any atom is 0.289 e. The van der Waals surface area contributed by atoms with Gasteiger partial charge in [0, 0.05) is 39.3 Å². The van der Waals surface area contributed by atoms with Crippen LogP contribution < -0.4 is 0 Å². The van der Waals surface area contributed by atoms with Crippen LogP contribution in [0.1, 0.15) is 17.5 Å². The van der Waals surface area contributed by atoms with E-state index in [-0.39, 0.29) is 16.9 Å². The van der Waals surface area contributed by atoms with Crippen molar-refractivity contribution in [2.45, 2.75) is 13.0 Å². The molecule has 1 aliphatic rings. The number of aliphatic hydroxyl groups excluding tert-OH is 1. The number of carbonyl (C=O) groups is 1. The van der Waals surface area contributed by atoms with Crippen molar-refractivity contribution in [3.05, 3.63) is 23.1 Å². The van der Waals surface area contributed by atoms with Gasteiger partial charge in [0.25, 0.3) is 5.91 Å². The van der Waals surface area contributed by atoms with E-state index >= 15 is 0 Å². The summed E-state index contributed by atoms with van der Waals surface area (Å²) >= 11 is 5.68. The Labute approximate surface area is 129 Å². The molecule has 0 spiro atoms. The highest BCUT2D eigenvalue weighted by Gasteiger charge is 2.25. The molecule has 0 aromatic carbocycles. The van der Waals surface area contributed by atoms with Crippen LogP contribution in [-0.4, -0.2) is 72.9 Å². The van der Waals surface area contributed by atoms with Crippen molar-refractivity contribution in [1.82, 2.24) is 9.80 Å². The molecule has 0 radical (unpaired) electrons. The molecule has 7 heteroatoms. The van der Waals surface area contributed by atoms with E-state index < -0.39 is 6.10 Å². The number of hydrogen-bond donors (Lipinski definition) is 1. The van der Waals surface area contributed by atoms with Crippen molar-refractivity contribution in [1.29, 1.82) is 0 Å². The SMILES string of the molecule is CCOCC(O)CN1CCN(C(=O)c2ccc(Cl)o2)CC1. The second kappa shape index (κ2) is 7.79. The number of aliphatic hydroxyl groups is 1. The number of ether oxygens (including phenoxy) is 1. The van der Waals surface area contributed by atoms with Gasteiger partial charge >= 0.3 is 0 Å². The fourth-order valence-electron chi connectivity index (χ4n) is 2.32. The predicted molar refractivity (Wildman–Crippen MR) is 78.6 cm³/mol. The highest BCUT2D eigenvalue weighted by Crippen LogP contribution is 2.16. The van der Waals surface area contributed by atoms with Gasteiger partial charge in [0.15, 0.2) is 11.0 Å². The summed E-state index contributed by atoms with van der Waals surface area (Å²) in [6.07, 6.45) is -0.490. The van der Waals surface area contributed by atoms with Crippen LogP contribution in [0.15, 0.2) is 16.5 Å². The summed E-state index contributed by atoms with van der Waals surface area (Å²) in [5, 5.41) is 10.0. The number of rotatable bonds is 6. The monoisotopic (exact) mass is 316 g/mol. The molecule has 6 nitrogen and oxygen atoms in total. The largest absolute Gasteiger partial charge is 0.440 e. The molecule has 2 heterocycles. The average Bonchev–Trinajstić information content (AvgIpc) is 2.92. The van der Waals surface area contributed by atoms with Crippen LogP contribution in [-0.2, 0) is 4.74 Å². The number of hydrogen-bond acceptors (Lipinski definition) is 5. The topological polar surface area (TPSA) is 66.2 Å². The molecule has 1 aromatic heterocycles. The van der Waals surface area contributed by atoms with Gasteiger partial charge in [0.1, 0.15) is 0 Å². The standard InChI is InChI=1S/C14H21ClN2O4/c1-2-20-10-11(18)9-16-5-7-17(8-6-16)14(19)12-3-4-13(15)21-12/h3-4,11,18H,2,5-10H2,1H3. The molecule has 1 aromatic rings. The quantitative estimate of drug-likeness (QED) is 0.851. The molecule has 21 heavy (non-hydrogen) atoms. The van der Waals surface area contributed by atoms with Gasteiger partial charge in [-0.2, -0.15) is 0 Å². The minimum absolute atomic E-state index is 0.142. The van der Waals surface area contributed by atoms with E-state index in [1.165, 1.54) is 0 Å². The second-order valence-corrected chi connectivity index (χ2v) is 5.38. The molecule has 1 N–H and O–H groups in total. The van der Waals surface area contributed by atoms with Crippen molar-refractivity contribution in [3.8, 4) is 0 Å². The average molecular weight is 317 g/mol. The van der Waals surface area contributed by atoms with Crippen molar-refractivity contribution < 1.29 is 19.1 Å². The highest BCUT2D eigenvalue weighted by molar-refractivity contribution is 6.29. The molecule has 1 amide bonds. The first-order valence-corrected chi connectivity index (χ1v) is 7.50. The van der Waals surface area contributed by atoms with Gasteiger partial charge in [0.05, 0.1) is 12.7 Å². The summed E-state index contributed by atoms with van der Waals surface area (Å²) in [4.78, 5) is 16.0. The molecule has 1 unspecified atom stereocenters. The number of halogens is 1. The summed E-state index contributed by atoms with van der Waals surface area (Å²) in [5.41, 5.74) is 0. The lowest BCUT2D eigenvalue weighted by molar-refractivity contribution is 0.0107. The van der Waals surface area contributed by atoms with Gasteiger partial charge in [-0.05, 0) is 30.7 Å². The van der Waals surface area contributed by atoms with Crippen LogP contribution in [0.3, 0.4) is 0 Å². The fourth-order valence-corrected chi connectivity index (χ4v) is 2.47. The Kier molecular flexibility index (Phi) is 6.05. The van der Waals surface area contributed by atoms with E-state index in [0.29, 0.717) is 32.8 Å². The molecule has 1 atom stereocenters. The lowest BCUT2D eigenvalue weighted by Gasteiger charge is -2.35. The minimum atomic E-state index is -0.490. The second-order valence-electron chi connectivity index (χ2n) is 5.01. The summed E-state index contributed by atoms with van der Waals surface area (Å²) in [6.45, 7) is 6.09. The minimum Gasteiger partial charge on any atom is -0.440 e. The Morgan fingerprint density at radius 2 is 2.14 bits per heavy atom. The van der Waals surface area contributed by atoms with Crippen molar-refractivity contribution in [2.75, 3.05) is 45.9 Å². The van der Waals surface area contributed by atoms with Crippen LogP contribution in [0, 0.1) is 0 Å². The normalized spacial score (nSPS) is 18.0. The molecule has 118 valence electrons. The van der Waals surface area contributed by atoms with Gasteiger partial charge < -0.3 is 19.2 Å². The van der Waals surface area contributed by atoms with E-state index in [1.807, 2.05) is 6.92 Å². The molecule has 1 aliphatic heterocycles. The Morgan fingerprint density at radius 1 is 1.43 bits per heavy atom. The van der Waals surface area contributed by atoms with Gasteiger partial charge in [-0.1, -0.05) is 0 Å². The number of piperazine rings is 1. The summed E-state index contributed by atoms with van der Waals surface area (Å²) < 4.78 is 10.3. The van der Waals surface area contributed by atoms with E-state index in [4.69, 9.17) is 20.8 Å². The summed E-state index contributed by atoms with van der Waals surface area (Å²) in [5.74, 6) is 0.126. The Bertz CT molecular complexity index is 458. The third-order valence-electron chi connectivity index (χ3n) is 3.43. The lowest BCUT2D eigenvalue weighted by atomic mass is 10.2. The van der Waals surface area contributed by atoms with Crippen LogP contribution in [0.5, 0.6) is 0 Å². The third kappa shape index (κ3) is 4.71. The zero-order valence-corrected chi connectivity index (χ0v) is 12.9. The van der Waals surface area contributed by atoms with E-state index in [1.54, 1.807) is 17.0 Å². The van der Waals surface area contributed by atoms with Crippen LogP contribution in [0.2, 0.25) is 5.22 Å². The van der Waals surface area contributed by atoms with E-state index in [9.17, 15) is 9.90 Å². The molecule has 1 fully saturated rings. The molecule has 0 saturated carbocycles. The zero-order valence-electron chi connectivity index (χ0n) is 12.1. The highest BCUT2D eigenvalue weighted by atomic mass is 35.5. The first-order chi connectivity index (χ1) is 10.1. The van der Waals surface area contributed by atoms with Crippen LogP contribution in [0.25, 0.3) is 0 Å². The van der Waals surface area contributed by atoms with Crippen LogP contribution >= 0.6 is 11.6 Å². The number of β-amino-alcohol motifs (C(OH)–C–C–N with tert-alkyl or cyclic N) is 1. The maximum absolute atomic E-state index is 12.2. The number of nitrogens with zero attached hydrogens (tertiary/aromatic N) is 2. The number of carbonyl (C=O) groups excluding carboxylic acids is 1. The van der Waals surface area contributed by atoms with Crippen molar-refractivity contribution in [3.63, 3.8) is 0 Å². The molecule has 0 aliphatic carbocycles. The van der Waals surface area contributed by atoms with Gasteiger partial charge in [-0.25, -0.2) is 0 Å². The van der Waals surface area contributed by atoms with Crippen molar-refractivity contribution >= 4 is 17.5 Å². The summed E-state index contributed by atoms with van der Waals surface area (Å²) in [6, 6.07) is 3.15. The van der Waals surface area contributed by atoms with E-state index in [2.05, 4.69) is 4.90 Å². The third-order valence-corrected chi connectivity index (χ3v) is 3.63. The smallest absolute Gasteiger partial charge is 0.289 e.